The van der Waals surface area contributed by atoms with Gasteiger partial charge in [0.15, 0.2) is 5.83 Å². The molecule has 0 saturated carbocycles. The molecule has 1 amide bonds. The van der Waals surface area contributed by atoms with E-state index in [9.17, 15) is 14.4 Å². The van der Waals surface area contributed by atoms with Gasteiger partial charge in [0.2, 0.25) is 0 Å². The van der Waals surface area contributed by atoms with Gasteiger partial charge in [-0.25, -0.2) is 4.39 Å². The van der Waals surface area contributed by atoms with E-state index in [1.54, 1.807) is 0 Å². The first-order valence-electron chi connectivity index (χ1n) is 15.8. The lowest BCUT2D eigenvalue weighted by molar-refractivity contribution is -0.131. The Morgan fingerprint density at radius 3 is 2.53 bits per heavy atom. The van der Waals surface area contributed by atoms with Crippen LogP contribution in [0.1, 0.15) is 43.5 Å². The van der Waals surface area contributed by atoms with E-state index >= 15 is 0 Å². The molecule has 3 aliphatic heterocycles. The molecule has 2 aromatic carbocycles. The highest BCUT2D eigenvalue weighted by atomic mass is 32.1. The molecule has 6 rings (SSSR count). The summed E-state index contributed by atoms with van der Waals surface area (Å²) in [7, 11) is 2.13. The molecule has 4 heterocycles. The molecule has 2 saturated heterocycles. The van der Waals surface area contributed by atoms with Gasteiger partial charge in [0, 0.05) is 55.4 Å². The van der Waals surface area contributed by atoms with Gasteiger partial charge >= 0.3 is 6.01 Å². The molecule has 0 N–H and O–H groups in total. The highest BCUT2D eigenvalue weighted by Gasteiger charge is 2.37. The number of ether oxygens (including phenoxy) is 1. The average Bonchev–Trinajstić information content (AvgIpc) is 3.29. The number of halogens is 1. The second-order valence-electron chi connectivity index (χ2n) is 13.5. The van der Waals surface area contributed by atoms with Gasteiger partial charge in [-0.05, 0) is 49.2 Å². The van der Waals surface area contributed by atoms with Crippen molar-refractivity contribution in [2.24, 2.45) is 5.41 Å². The third-order valence-corrected chi connectivity index (χ3v) is 9.55. The monoisotopic (exact) mass is 679 g/mol. The molecule has 9 nitrogen and oxygen atoms in total. The van der Waals surface area contributed by atoms with Crippen LogP contribution in [-0.2, 0) is 17.8 Å². The SMILES string of the molecule is C=C(F)C(=O)N1CCN(c2nc(OC[C@@H]3CC(C)(C)CN3C)nc3c2CCN(c2cccc4cccc(C)c24)C3)C[C@@H]1CC#N.S.S. The Morgan fingerprint density at radius 2 is 1.85 bits per heavy atom. The third kappa shape index (κ3) is 7.47. The van der Waals surface area contributed by atoms with Gasteiger partial charge in [-0.1, -0.05) is 50.8 Å². The molecule has 252 valence electrons. The van der Waals surface area contributed by atoms with Crippen molar-refractivity contribution < 1.29 is 13.9 Å². The summed E-state index contributed by atoms with van der Waals surface area (Å²) in [6, 6.07) is 15.1. The third-order valence-electron chi connectivity index (χ3n) is 9.55. The minimum Gasteiger partial charge on any atom is -0.462 e. The molecule has 1 aromatic heterocycles. The molecule has 2 atom stereocenters. The maximum Gasteiger partial charge on any atom is 0.318 e. The zero-order chi connectivity index (χ0) is 31.9. The van der Waals surface area contributed by atoms with Gasteiger partial charge in [-0.2, -0.15) is 42.2 Å². The molecule has 12 heteroatoms. The predicted octanol–water partition coefficient (Wildman–Crippen LogP) is 5.25. The van der Waals surface area contributed by atoms with E-state index in [0.29, 0.717) is 32.3 Å². The number of carbonyl (C=O) groups is 1. The van der Waals surface area contributed by atoms with Crippen LogP contribution in [0.2, 0.25) is 0 Å². The highest BCUT2D eigenvalue weighted by Crippen LogP contribution is 2.37. The molecule has 2 fully saturated rings. The van der Waals surface area contributed by atoms with Gasteiger partial charge in [0.25, 0.3) is 5.91 Å². The minimum atomic E-state index is -1.01. The summed E-state index contributed by atoms with van der Waals surface area (Å²) < 4.78 is 20.2. The number of hydrogen-bond donors (Lipinski definition) is 0. The summed E-state index contributed by atoms with van der Waals surface area (Å²) in [5, 5.41) is 12.0. The van der Waals surface area contributed by atoms with Crippen LogP contribution in [0, 0.1) is 23.7 Å². The van der Waals surface area contributed by atoms with Gasteiger partial charge < -0.3 is 19.4 Å². The molecule has 0 bridgehead atoms. The van der Waals surface area contributed by atoms with Crippen LogP contribution in [0.3, 0.4) is 0 Å². The Morgan fingerprint density at radius 1 is 1.11 bits per heavy atom. The second-order valence-corrected chi connectivity index (χ2v) is 13.5. The van der Waals surface area contributed by atoms with E-state index in [2.05, 4.69) is 91.6 Å². The van der Waals surface area contributed by atoms with Crippen LogP contribution in [0.15, 0.2) is 48.8 Å². The maximum atomic E-state index is 13.9. The summed E-state index contributed by atoms with van der Waals surface area (Å²) in [4.78, 5) is 30.8. The smallest absolute Gasteiger partial charge is 0.318 e. The summed E-state index contributed by atoms with van der Waals surface area (Å²) in [5.41, 5.74) is 4.61. The molecule has 0 radical (unpaired) electrons. The summed E-state index contributed by atoms with van der Waals surface area (Å²) in [6.45, 7) is 13.9. The van der Waals surface area contributed by atoms with E-state index in [1.165, 1.54) is 26.9 Å². The fourth-order valence-electron chi connectivity index (χ4n) is 7.46. The molecule has 3 aromatic rings. The number of rotatable bonds is 7. The summed E-state index contributed by atoms with van der Waals surface area (Å²) in [6.07, 6.45) is 1.85. The van der Waals surface area contributed by atoms with Crippen molar-refractivity contribution in [1.29, 1.82) is 5.26 Å². The van der Waals surface area contributed by atoms with Gasteiger partial charge in [-0.15, -0.1) is 0 Å². The number of amides is 1. The van der Waals surface area contributed by atoms with Crippen molar-refractivity contribution in [2.75, 3.05) is 56.2 Å². The molecule has 0 aliphatic carbocycles. The van der Waals surface area contributed by atoms with Crippen LogP contribution >= 0.6 is 27.0 Å². The number of hydrogen-bond acceptors (Lipinski definition) is 8. The average molecular weight is 680 g/mol. The molecule has 0 unspecified atom stereocenters. The van der Waals surface area contributed by atoms with Gasteiger partial charge in [-0.3, -0.25) is 9.69 Å². The lowest BCUT2D eigenvalue weighted by Gasteiger charge is -2.42. The number of benzene rings is 2. The Bertz CT molecular complexity index is 1670. The van der Waals surface area contributed by atoms with E-state index in [-0.39, 0.29) is 51.4 Å². The van der Waals surface area contributed by atoms with E-state index < -0.39 is 17.8 Å². The largest absolute Gasteiger partial charge is 0.462 e. The number of carbonyl (C=O) groups excluding carboxylic acids is 1. The van der Waals surface area contributed by atoms with Crippen LogP contribution < -0.4 is 14.5 Å². The topological polar surface area (TPSA) is 88.8 Å². The number of fused-ring (bicyclic) bond motifs is 2. The van der Waals surface area contributed by atoms with Crippen molar-refractivity contribution >= 4 is 55.2 Å². The standard InChI is InChI=1S/C35H42FN7O2.2H2S/c1-23-8-6-9-25-10-7-11-30(31(23)25)41-15-13-28-29(20-41)38-34(45-21-27-18-35(3,4)22-40(27)5)39-32(28)42-16-17-43(33(44)24(2)36)26(19-42)12-14-37;;/h6-11,26-27H,2,12-13,15-22H2,1,3-5H3;2*1H2/t26-,27-;;/m0../s1. The van der Waals surface area contributed by atoms with E-state index in [1.807, 2.05) is 0 Å². The first-order valence-corrected chi connectivity index (χ1v) is 15.8. The molecule has 0 spiro atoms. The van der Waals surface area contributed by atoms with Crippen LogP contribution in [0.25, 0.3) is 10.8 Å². The number of piperazine rings is 1. The van der Waals surface area contributed by atoms with Crippen molar-refractivity contribution in [3.63, 3.8) is 0 Å². The quantitative estimate of drug-likeness (QED) is 0.313. The molecular formula is C35H46FN7O2S2. The summed E-state index contributed by atoms with van der Waals surface area (Å²) >= 11 is 0. The van der Waals surface area contributed by atoms with Crippen molar-refractivity contribution in [1.82, 2.24) is 19.8 Å². The molecule has 47 heavy (non-hydrogen) atoms. The molecular weight excluding hydrogens is 634 g/mol. The fraction of sp³-hybridized carbons (Fsp3) is 0.486. The number of aryl methyl sites for hydroxylation is 1. The Kier molecular flexibility index (Phi) is 11.4. The first-order chi connectivity index (χ1) is 21.5. The van der Waals surface area contributed by atoms with Crippen LogP contribution in [0.5, 0.6) is 6.01 Å². The fourth-order valence-corrected chi connectivity index (χ4v) is 7.46. The van der Waals surface area contributed by atoms with Crippen molar-refractivity contribution in [2.45, 2.75) is 58.7 Å². The maximum absolute atomic E-state index is 13.9. The number of likely N-dealkylation sites (tertiary alicyclic amines) is 1. The normalized spacial score (nSPS) is 20.6. The predicted molar refractivity (Wildman–Crippen MR) is 195 cm³/mol. The van der Waals surface area contributed by atoms with Gasteiger partial charge in [0.1, 0.15) is 12.4 Å². The van der Waals surface area contributed by atoms with E-state index in [0.717, 1.165) is 43.0 Å². The Hall–Kier alpha value is -3.53. The first kappa shape index (κ1) is 36.3. The molecule has 3 aliphatic rings. The lowest BCUT2D eigenvalue weighted by atomic mass is 9.91. The number of anilines is 2. The highest BCUT2D eigenvalue weighted by molar-refractivity contribution is 7.59. The number of nitrogens with zero attached hydrogens (tertiary/aromatic N) is 7. The van der Waals surface area contributed by atoms with Crippen LogP contribution in [-0.4, -0.2) is 84.1 Å². The lowest BCUT2D eigenvalue weighted by Crippen LogP contribution is -2.55. The van der Waals surface area contributed by atoms with Crippen molar-refractivity contribution in [3.05, 3.63) is 65.6 Å². The Balaban J connectivity index is 0.00000250. The number of likely N-dealkylation sites (N-methyl/N-ethyl adjacent to an activating group) is 1. The summed E-state index contributed by atoms with van der Waals surface area (Å²) in [5.74, 6) is -0.989. The number of nitriles is 1. The Labute approximate surface area is 291 Å². The van der Waals surface area contributed by atoms with Crippen molar-refractivity contribution in [3.8, 4) is 12.1 Å². The second kappa shape index (κ2) is 14.7. The minimum absolute atomic E-state index is 0. The zero-order valence-corrected chi connectivity index (χ0v) is 29.7. The van der Waals surface area contributed by atoms with Crippen LogP contribution in [0.4, 0.5) is 15.9 Å². The number of aromatic nitrogens is 2. The van der Waals surface area contributed by atoms with Gasteiger partial charge in [0.05, 0.1) is 30.8 Å². The van der Waals surface area contributed by atoms with E-state index in [4.69, 9.17) is 14.7 Å². The zero-order valence-electron chi connectivity index (χ0n) is 27.7.